The first-order chi connectivity index (χ1) is 11.4. The first-order valence-electron chi connectivity index (χ1n) is 7.20. The molecule has 126 valence electrons. The molecule has 0 bridgehead atoms. The molecule has 0 amide bonds. The maximum Gasteiger partial charge on any atom is 0.337 e. The van der Waals surface area contributed by atoms with Gasteiger partial charge in [0.2, 0.25) is 10.0 Å². The molecule has 0 unspecified atom stereocenters. The summed E-state index contributed by atoms with van der Waals surface area (Å²) in [5.74, 6) is -1.20. The molecule has 24 heavy (non-hydrogen) atoms. The van der Waals surface area contributed by atoms with Gasteiger partial charge in [-0.3, -0.25) is 0 Å². The van der Waals surface area contributed by atoms with Crippen LogP contribution in [-0.4, -0.2) is 26.0 Å². The number of rotatable bonds is 8. The van der Waals surface area contributed by atoms with Crippen molar-refractivity contribution in [3.8, 4) is 0 Å². The lowest BCUT2D eigenvalue weighted by Crippen LogP contribution is -2.24. The highest BCUT2D eigenvalue weighted by Crippen LogP contribution is 2.21. The highest BCUT2D eigenvalue weighted by molar-refractivity contribution is 7.89. The summed E-state index contributed by atoms with van der Waals surface area (Å²) in [5, 5.41) is 12.4. The normalized spacial score (nSPS) is 11.0. The van der Waals surface area contributed by atoms with Crippen LogP contribution in [0.15, 0.2) is 66.1 Å². The van der Waals surface area contributed by atoms with E-state index >= 15 is 0 Å². The number of benzene rings is 2. The topological polar surface area (TPSA) is 95.5 Å². The zero-order chi connectivity index (χ0) is 17.6. The highest BCUT2D eigenvalue weighted by atomic mass is 32.2. The predicted molar refractivity (Wildman–Crippen MR) is 92.6 cm³/mol. The fourth-order valence-corrected chi connectivity index (χ4v) is 3.09. The van der Waals surface area contributed by atoms with Crippen molar-refractivity contribution in [2.45, 2.75) is 11.4 Å². The van der Waals surface area contributed by atoms with Gasteiger partial charge in [-0.15, -0.1) is 6.58 Å². The van der Waals surface area contributed by atoms with E-state index in [1.807, 2.05) is 30.3 Å². The fourth-order valence-electron chi connectivity index (χ4n) is 2.07. The van der Waals surface area contributed by atoms with Gasteiger partial charge >= 0.3 is 5.97 Å². The highest BCUT2D eigenvalue weighted by Gasteiger charge is 2.18. The van der Waals surface area contributed by atoms with Gasteiger partial charge in [0.15, 0.2) is 0 Å². The first kappa shape index (κ1) is 17.7. The molecule has 6 nitrogen and oxygen atoms in total. The van der Waals surface area contributed by atoms with Gasteiger partial charge in [-0.2, -0.15) is 0 Å². The summed E-state index contributed by atoms with van der Waals surface area (Å²) < 4.78 is 26.5. The van der Waals surface area contributed by atoms with Crippen LogP contribution in [0.1, 0.15) is 15.9 Å². The number of anilines is 1. The second-order valence-corrected chi connectivity index (χ2v) is 6.76. The summed E-state index contributed by atoms with van der Waals surface area (Å²) in [7, 11) is -3.77. The minimum Gasteiger partial charge on any atom is -0.478 e. The molecule has 0 aromatic heterocycles. The predicted octanol–water partition coefficient (Wildman–Crippen LogP) is 2.46. The Morgan fingerprint density at radius 2 is 1.88 bits per heavy atom. The van der Waals surface area contributed by atoms with Crippen molar-refractivity contribution in [2.24, 2.45) is 0 Å². The Kier molecular flexibility index (Phi) is 5.73. The standard InChI is InChI=1S/C17H18N2O4S/c1-2-10-19-24(22,23)14-8-9-16(15(11-14)17(20)21)18-12-13-6-4-3-5-7-13/h2-9,11,18-19H,1,10,12H2,(H,20,21). The summed E-state index contributed by atoms with van der Waals surface area (Å²) in [4.78, 5) is 11.4. The first-order valence-corrected chi connectivity index (χ1v) is 8.68. The Balaban J connectivity index is 2.27. The third-order valence-corrected chi connectivity index (χ3v) is 4.70. The van der Waals surface area contributed by atoms with Gasteiger partial charge < -0.3 is 10.4 Å². The van der Waals surface area contributed by atoms with Crippen molar-refractivity contribution >= 4 is 21.7 Å². The molecule has 0 aliphatic rings. The summed E-state index contributed by atoms with van der Waals surface area (Å²) in [6.45, 7) is 3.94. The lowest BCUT2D eigenvalue weighted by Gasteiger charge is -2.12. The van der Waals surface area contributed by atoms with E-state index in [4.69, 9.17) is 0 Å². The maximum atomic E-state index is 12.1. The van der Waals surface area contributed by atoms with E-state index in [9.17, 15) is 18.3 Å². The summed E-state index contributed by atoms with van der Waals surface area (Å²) in [5.41, 5.74) is 1.24. The molecule has 0 radical (unpaired) electrons. The Bertz CT molecular complexity index is 833. The zero-order valence-electron chi connectivity index (χ0n) is 12.9. The molecule has 7 heteroatoms. The van der Waals surface area contributed by atoms with Gasteiger partial charge in [-0.1, -0.05) is 36.4 Å². The second kappa shape index (κ2) is 7.76. The molecule has 0 heterocycles. The van der Waals surface area contributed by atoms with Crippen LogP contribution in [0.4, 0.5) is 5.69 Å². The van der Waals surface area contributed by atoms with E-state index in [0.717, 1.165) is 11.6 Å². The van der Waals surface area contributed by atoms with Crippen molar-refractivity contribution in [2.75, 3.05) is 11.9 Å². The number of nitrogens with one attached hydrogen (secondary N) is 2. The monoisotopic (exact) mass is 346 g/mol. The van der Waals surface area contributed by atoms with E-state index in [0.29, 0.717) is 12.2 Å². The van der Waals surface area contributed by atoms with Gasteiger partial charge in [-0.25, -0.2) is 17.9 Å². The molecule has 0 saturated carbocycles. The van der Waals surface area contributed by atoms with Crippen molar-refractivity contribution in [1.29, 1.82) is 0 Å². The molecule has 0 aliphatic heterocycles. The number of hydrogen-bond donors (Lipinski definition) is 3. The third-order valence-electron chi connectivity index (χ3n) is 3.28. The SMILES string of the molecule is C=CCNS(=O)(=O)c1ccc(NCc2ccccc2)c(C(=O)O)c1. The number of aromatic carboxylic acids is 1. The third kappa shape index (κ3) is 4.43. The molecule has 2 aromatic carbocycles. The summed E-state index contributed by atoms with van der Waals surface area (Å²) in [6, 6.07) is 13.4. The average molecular weight is 346 g/mol. The van der Waals surface area contributed by atoms with Crippen LogP contribution in [0.3, 0.4) is 0 Å². The molecular weight excluding hydrogens is 328 g/mol. The van der Waals surface area contributed by atoms with Gasteiger partial charge in [0.25, 0.3) is 0 Å². The van der Waals surface area contributed by atoms with Crippen molar-refractivity contribution < 1.29 is 18.3 Å². The van der Waals surface area contributed by atoms with Gasteiger partial charge in [0.05, 0.1) is 10.5 Å². The molecule has 0 atom stereocenters. The number of hydrogen-bond acceptors (Lipinski definition) is 4. The van der Waals surface area contributed by atoms with Gasteiger partial charge in [0, 0.05) is 18.8 Å². The second-order valence-electron chi connectivity index (χ2n) is 4.99. The zero-order valence-corrected chi connectivity index (χ0v) is 13.7. The van der Waals surface area contributed by atoms with E-state index in [2.05, 4.69) is 16.6 Å². The minimum absolute atomic E-state index is 0.0682. The van der Waals surface area contributed by atoms with Crippen LogP contribution in [0.5, 0.6) is 0 Å². The van der Waals surface area contributed by atoms with Crippen molar-refractivity contribution in [3.63, 3.8) is 0 Å². The lowest BCUT2D eigenvalue weighted by atomic mass is 10.1. The average Bonchev–Trinajstić information content (AvgIpc) is 2.59. The van der Waals surface area contributed by atoms with Crippen LogP contribution in [0, 0.1) is 0 Å². The number of carboxylic acid groups (broad SMARTS) is 1. The smallest absolute Gasteiger partial charge is 0.337 e. The number of sulfonamides is 1. The number of carbonyl (C=O) groups is 1. The molecule has 2 aromatic rings. The van der Waals surface area contributed by atoms with E-state index in [1.54, 1.807) is 0 Å². The Morgan fingerprint density at radius 1 is 1.17 bits per heavy atom. The molecule has 2 rings (SSSR count). The molecule has 3 N–H and O–H groups in total. The molecule has 0 fully saturated rings. The molecular formula is C17H18N2O4S. The van der Waals surface area contributed by atoms with Crippen molar-refractivity contribution in [1.82, 2.24) is 4.72 Å². The largest absolute Gasteiger partial charge is 0.478 e. The minimum atomic E-state index is -3.77. The van der Waals surface area contributed by atoms with Crippen LogP contribution >= 0.6 is 0 Å². The lowest BCUT2D eigenvalue weighted by molar-refractivity contribution is 0.0697. The van der Waals surface area contributed by atoms with Crippen molar-refractivity contribution in [3.05, 3.63) is 72.3 Å². The van der Waals surface area contributed by atoms with Crippen LogP contribution in [-0.2, 0) is 16.6 Å². The van der Waals surface area contributed by atoms with Gasteiger partial charge in [-0.05, 0) is 23.8 Å². The van der Waals surface area contributed by atoms with E-state index in [-0.39, 0.29) is 17.0 Å². The number of carboxylic acids is 1. The van der Waals surface area contributed by atoms with Crippen LogP contribution in [0.2, 0.25) is 0 Å². The van der Waals surface area contributed by atoms with Crippen LogP contribution in [0.25, 0.3) is 0 Å². The molecule has 0 aliphatic carbocycles. The summed E-state index contributed by atoms with van der Waals surface area (Å²) in [6.07, 6.45) is 1.41. The Morgan fingerprint density at radius 3 is 2.50 bits per heavy atom. The van der Waals surface area contributed by atoms with E-state index < -0.39 is 16.0 Å². The quantitative estimate of drug-likeness (QED) is 0.638. The fraction of sp³-hybridized carbons (Fsp3) is 0.118. The molecule has 0 spiro atoms. The van der Waals surface area contributed by atoms with E-state index in [1.165, 1.54) is 18.2 Å². The Hall–Kier alpha value is -2.64. The van der Waals surface area contributed by atoms with Gasteiger partial charge in [0.1, 0.15) is 0 Å². The maximum absolute atomic E-state index is 12.1. The van der Waals surface area contributed by atoms with Crippen LogP contribution < -0.4 is 10.0 Å². The Labute approximate surface area is 140 Å². The summed E-state index contributed by atoms with van der Waals surface area (Å²) >= 11 is 0. The molecule has 0 saturated heterocycles.